The lowest BCUT2D eigenvalue weighted by atomic mass is 10.1. The number of carboxylic acid groups (broad SMARTS) is 4. The molecule has 0 aromatic heterocycles. The summed E-state index contributed by atoms with van der Waals surface area (Å²) in [5, 5.41) is 29.6. The standard InChI is InChI=1S/C42H48N2.2C2H2O4/c1-5-18-37(19-6-1)22-13-15-30-43(33-39-24-9-3-10-25-39)35-41-28-17-29-42(32-41)36-44(34-40-26-11-4-12-27-40)31-16-14-23-38-20-7-2-8-21-38;2*3-1(4)2(5)6/h1-12,17-21,24-29,32H,13-16,22-23,30-31,33-36H2;2*(H,3,4)(H,5,6). The van der Waals surface area contributed by atoms with Gasteiger partial charge in [-0.05, 0) is 85.0 Å². The molecule has 0 aliphatic heterocycles. The number of hydrogen-bond donors (Lipinski definition) is 4. The predicted molar refractivity (Wildman–Crippen MR) is 217 cm³/mol. The lowest BCUT2D eigenvalue weighted by Gasteiger charge is -2.25. The molecular weight excluding hydrogens is 709 g/mol. The van der Waals surface area contributed by atoms with Crippen LogP contribution in [0.1, 0.15) is 59.1 Å². The molecule has 0 unspecified atom stereocenters. The molecule has 0 amide bonds. The molecule has 5 aromatic carbocycles. The third-order valence-electron chi connectivity index (χ3n) is 8.73. The quantitative estimate of drug-likeness (QED) is 0.0509. The second-order valence-electron chi connectivity index (χ2n) is 13.3. The molecule has 10 heteroatoms. The highest BCUT2D eigenvalue weighted by Crippen LogP contribution is 2.17. The van der Waals surface area contributed by atoms with Gasteiger partial charge in [0.25, 0.3) is 0 Å². The van der Waals surface area contributed by atoms with Gasteiger partial charge in [0.05, 0.1) is 0 Å². The van der Waals surface area contributed by atoms with E-state index in [9.17, 15) is 0 Å². The predicted octanol–water partition coefficient (Wildman–Crippen LogP) is 8.05. The van der Waals surface area contributed by atoms with E-state index in [0.29, 0.717) is 0 Å². The van der Waals surface area contributed by atoms with Gasteiger partial charge in [0.1, 0.15) is 0 Å². The van der Waals surface area contributed by atoms with E-state index in [-0.39, 0.29) is 0 Å². The van der Waals surface area contributed by atoms with Gasteiger partial charge in [0.15, 0.2) is 0 Å². The van der Waals surface area contributed by atoms with Gasteiger partial charge in [-0.15, -0.1) is 0 Å². The van der Waals surface area contributed by atoms with Crippen molar-refractivity contribution in [2.24, 2.45) is 0 Å². The number of carbonyl (C=O) groups is 4. The van der Waals surface area contributed by atoms with Crippen molar-refractivity contribution in [3.8, 4) is 0 Å². The van der Waals surface area contributed by atoms with Crippen molar-refractivity contribution in [2.75, 3.05) is 13.1 Å². The third-order valence-corrected chi connectivity index (χ3v) is 8.73. The molecule has 0 bridgehead atoms. The maximum absolute atomic E-state index is 9.10. The Morgan fingerprint density at radius 3 is 0.911 bits per heavy atom. The van der Waals surface area contributed by atoms with Crippen molar-refractivity contribution in [1.29, 1.82) is 0 Å². The molecular formula is C46H52N2O8. The summed E-state index contributed by atoms with van der Waals surface area (Å²) < 4.78 is 0. The maximum atomic E-state index is 9.10. The van der Waals surface area contributed by atoms with Gasteiger partial charge < -0.3 is 20.4 Å². The van der Waals surface area contributed by atoms with Crippen LogP contribution < -0.4 is 0 Å². The SMILES string of the molecule is O=C(O)C(=O)O.O=C(O)C(=O)O.c1ccc(CCCCN(Cc2ccccc2)Cc2cccc(CN(CCCCc3ccccc3)Cc3ccccc3)c2)cc1. The minimum atomic E-state index is -1.82. The molecule has 0 aliphatic rings. The molecule has 0 saturated carbocycles. The van der Waals surface area contributed by atoms with Crippen LogP contribution in [-0.4, -0.2) is 67.2 Å². The number of aliphatic carboxylic acids is 4. The fraction of sp³-hybridized carbons (Fsp3) is 0.261. The molecule has 0 fully saturated rings. The van der Waals surface area contributed by atoms with Crippen LogP contribution in [0.5, 0.6) is 0 Å². The fourth-order valence-corrected chi connectivity index (χ4v) is 6.07. The number of aryl methyl sites for hydroxylation is 2. The summed E-state index contributed by atoms with van der Waals surface area (Å²) in [6.45, 7) is 6.13. The maximum Gasteiger partial charge on any atom is 0.414 e. The van der Waals surface area contributed by atoms with Gasteiger partial charge in [-0.1, -0.05) is 146 Å². The third kappa shape index (κ3) is 19.3. The van der Waals surface area contributed by atoms with Gasteiger partial charge in [0, 0.05) is 26.2 Å². The van der Waals surface area contributed by atoms with E-state index in [0.717, 1.165) is 52.1 Å². The van der Waals surface area contributed by atoms with Gasteiger partial charge in [0.2, 0.25) is 0 Å². The van der Waals surface area contributed by atoms with Gasteiger partial charge in [-0.2, -0.15) is 0 Å². The molecule has 5 rings (SSSR count). The molecule has 0 atom stereocenters. The van der Waals surface area contributed by atoms with E-state index in [1.54, 1.807) is 0 Å². The van der Waals surface area contributed by atoms with Gasteiger partial charge >= 0.3 is 23.9 Å². The van der Waals surface area contributed by atoms with E-state index < -0.39 is 23.9 Å². The molecule has 0 saturated heterocycles. The van der Waals surface area contributed by atoms with Crippen LogP contribution in [0.2, 0.25) is 0 Å². The highest BCUT2D eigenvalue weighted by molar-refractivity contribution is 6.27. The Balaban J connectivity index is 0.000000609. The molecule has 0 radical (unpaired) electrons. The van der Waals surface area contributed by atoms with Crippen molar-refractivity contribution in [3.05, 3.63) is 179 Å². The van der Waals surface area contributed by atoms with Crippen molar-refractivity contribution < 1.29 is 39.6 Å². The number of rotatable bonds is 18. The molecule has 56 heavy (non-hydrogen) atoms. The minimum absolute atomic E-state index is 0.976. The largest absolute Gasteiger partial charge is 0.473 e. The van der Waals surface area contributed by atoms with Gasteiger partial charge in [-0.3, -0.25) is 9.80 Å². The first-order valence-electron chi connectivity index (χ1n) is 18.7. The summed E-state index contributed by atoms with van der Waals surface area (Å²) in [4.78, 5) is 41.7. The normalized spacial score (nSPS) is 10.5. The topological polar surface area (TPSA) is 156 Å². The zero-order chi connectivity index (χ0) is 40.4. The van der Waals surface area contributed by atoms with E-state index in [4.69, 9.17) is 39.6 Å². The van der Waals surface area contributed by atoms with E-state index in [2.05, 4.69) is 155 Å². The summed E-state index contributed by atoms with van der Waals surface area (Å²) in [5.74, 6) is -7.30. The Labute approximate surface area is 329 Å². The smallest absolute Gasteiger partial charge is 0.414 e. The second kappa shape index (κ2) is 25.8. The monoisotopic (exact) mass is 760 g/mol. The van der Waals surface area contributed by atoms with Crippen LogP contribution >= 0.6 is 0 Å². The first-order chi connectivity index (χ1) is 27.1. The average Bonchev–Trinajstić information content (AvgIpc) is 3.20. The number of hydrogen-bond acceptors (Lipinski definition) is 6. The highest BCUT2D eigenvalue weighted by atomic mass is 16.4. The summed E-state index contributed by atoms with van der Waals surface area (Å²) in [7, 11) is 0. The van der Waals surface area contributed by atoms with E-state index in [1.165, 1.54) is 59.1 Å². The lowest BCUT2D eigenvalue weighted by Crippen LogP contribution is -2.25. The number of carboxylic acids is 4. The van der Waals surface area contributed by atoms with Crippen LogP contribution in [0.4, 0.5) is 0 Å². The van der Waals surface area contributed by atoms with Crippen LogP contribution in [0.3, 0.4) is 0 Å². The first kappa shape index (κ1) is 44.3. The van der Waals surface area contributed by atoms with Crippen LogP contribution in [0.25, 0.3) is 0 Å². The molecule has 0 aliphatic carbocycles. The average molecular weight is 761 g/mol. The first-order valence-corrected chi connectivity index (χ1v) is 18.7. The lowest BCUT2D eigenvalue weighted by molar-refractivity contribution is -0.159. The Hall–Kier alpha value is -6.10. The number of unbranched alkanes of at least 4 members (excludes halogenated alkanes) is 2. The van der Waals surface area contributed by atoms with Crippen molar-refractivity contribution in [2.45, 2.75) is 64.7 Å². The molecule has 10 nitrogen and oxygen atoms in total. The Bertz CT molecular complexity index is 1720. The van der Waals surface area contributed by atoms with Crippen LogP contribution in [0.15, 0.2) is 146 Å². The van der Waals surface area contributed by atoms with E-state index >= 15 is 0 Å². The van der Waals surface area contributed by atoms with Crippen molar-refractivity contribution >= 4 is 23.9 Å². The zero-order valence-corrected chi connectivity index (χ0v) is 31.7. The highest BCUT2D eigenvalue weighted by Gasteiger charge is 2.11. The Morgan fingerprint density at radius 2 is 0.607 bits per heavy atom. The minimum Gasteiger partial charge on any atom is -0.473 e. The van der Waals surface area contributed by atoms with Crippen molar-refractivity contribution in [3.63, 3.8) is 0 Å². The zero-order valence-electron chi connectivity index (χ0n) is 31.7. The molecule has 4 N–H and O–H groups in total. The second-order valence-corrected chi connectivity index (χ2v) is 13.3. The van der Waals surface area contributed by atoms with Crippen LogP contribution in [-0.2, 0) is 58.2 Å². The molecule has 0 heterocycles. The molecule has 0 spiro atoms. The summed E-state index contributed by atoms with van der Waals surface area (Å²) >= 11 is 0. The number of benzene rings is 5. The van der Waals surface area contributed by atoms with Crippen LogP contribution in [0, 0.1) is 0 Å². The molecule has 5 aromatic rings. The summed E-state index contributed by atoms with van der Waals surface area (Å²) in [6, 6.07) is 53.0. The van der Waals surface area contributed by atoms with Crippen molar-refractivity contribution in [1.82, 2.24) is 9.80 Å². The van der Waals surface area contributed by atoms with Gasteiger partial charge in [-0.25, -0.2) is 19.2 Å². The summed E-state index contributed by atoms with van der Waals surface area (Å²) in [6.07, 6.45) is 7.14. The fourth-order valence-electron chi connectivity index (χ4n) is 6.07. The summed E-state index contributed by atoms with van der Waals surface area (Å²) in [5.41, 5.74) is 8.47. The Morgan fingerprint density at radius 1 is 0.339 bits per heavy atom. The Kier molecular flexibility index (Phi) is 20.4. The molecule has 294 valence electrons. The van der Waals surface area contributed by atoms with E-state index in [1.807, 2.05) is 0 Å². The number of nitrogens with zero attached hydrogens (tertiary/aromatic N) is 2.